The Morgan fingerprint density at radius 1 is 1.14 bits per heavy atom. The molecule has 1 rings (SSSR count). The third-order valence-corrected chi connectivity index (χ3v) is 3.25. The smallest absolute Gasteiger partial charge is 0.0613 e. The number of aliphatic hydroxyl groups is 1. The summed E-state index contributed by atoms with van der Waals surface area (Å²) in [5.74, 6) is 0.668. The van der Waals surface area contributed by atoms with Crippen molar-refractivity contribution < 1.29 is 5.11 Å². The lowest BCUT2D eigenvalue weighted by Crippen LogP contribution is -2.49. The van der Waals surface area contributed by atoms with Crippen LogP contribution in [-0.2, 0) is 0 Å². The molecule has 14 heavy (non-hydrogen) atoms. The molecule has 0 saturated heterocycles. The summed E-state index contributed by atoms with van der Waals surface area (Å²) in [6.45, 7) is 5.77. The highest BCUT2D eigenvalue weighted by Gasteiger charge is 2.29. The molecule has 0 radical (unpaired) electrons. The third kappa shape index (κ3) is 3.58. The van der Waals surface area contributed by atoms with Crippen molar-refractivity contribution in [2.45, 2.75) is 57.9 Å². The molecule has 2 heteroatoms. The van der Waals surface area contributed by atoms with E-state index in [1.54, 1.807) is 0 Å². The Morgan fingerprint density at radius 3 is 2.14 bits per heavy atom. The van der Waals surface area contributed by atoms with Crippen molar-refractivity contribution in [1.82, 2.24) is 5.32 Å². The number of nitrogens with one attached hydrogen (secondary N) is 1. The second kappa shape index (κ2) is 5.72. The maximum Gasteiger partial charge on any atom is 0.0613 e. The van der Waals surface area contributed by atoms with Crippen LogP contribution in [0.4, 0.5) is 0 Å². The molecule has 0 aromatic rings. The van der Waals surface area contributed by atoms with Crippen LogP contribution in [0.3, 0.4) is 0 Å². The predicted octanol–water partition coefficient (Wildman–Crippen LogP) is 2.32. The Kier molecular flexibility index (Phi) is 4.90. The normalized spacial score (nSPS) is 22.3. The summed E-state index contributed by atoms with van der Waals surface area (Å²) in [6.07, 6.45) is 7.51. The zero-order valence-corrected chi connectivity index (χ0v) is 9.68. The Bertz CT molecular complexity index is 148. The Balaban J connectivity index is 2.45. The van der Waals surface area contributed by atoms with Crippen molar-refractivity contribution in [3.05, 3.63) is 0 Å². The van der Waals surface area contributed by atoms with Crippen LogP contribution in [0.2, 0.25) is 0 Å². The van der Waals surface area contributed by atoms with E-state index >= 15 is 0 Å². The van der Waals surface area contributed by atoms with Crippen LogP contribution >= 0.6 is 0 Å². The van der Waals surface area contributed by atoms with Gasteiger partial charge in [-0.1, -0.05) is 39.5 Å². The van der Waals surface area contributed by atoms with Crippen LogP contribution in [0, 0.1) is 5.92 Å². The first-order valence-corrected chi connectivity index (χ1v) is 6.04. The first kappa shape index (κ1) is 12.0. The summed E-state index contributed by atoms with van der Waals surface area (Å²) in [6, 6.07) is 0. The van der Waals surface area contributed by atoms with Gasteiger partial charge in [-0.2, -0.15) is 0 Å². The second-order valence-corrected chi connectivity index (χ2v) is 5.13. The fraction of sp³-hybridized carbons (Fsp3) is 1.00. The quantitative estimate of drug-likeness (QED) is 0.681. The van der Waals surface area contributed by atoms with Gasteiger partial charge in [0.05, 0.1) is 6.61 Å². The van der Waals surface area contributed by atoms with Gasteiger partial charge < -0.3 is 10.4 Å². The molecule has 1 fully saturated rings. The minimum Gasteiger partial charge on any atom is -0.394 e. The van der Waals surface area contributed by atoms with E-state index < -0.39 is 0 Å². The standard InChI is InChI=1S/C12H25NO/c1-11(2)9-13-12(10-14)7-5-3-4-6-8-12/h11,13-14H,3-10H2,1-2H3. The van der Waals surface area contributed by atoms with E-state index in [9.17, 15) is 5.11 Å². The van der Waals surface area contributed by atoms with Crippen LogP contribution in [0.15, 0.2) is 0 Å². The molecule has 0 aromatic heterocycles. The minimum atomic E-state index is 0.0424. The van der Waals surface area contributed by atoms with Gasteiger partial charge in [0.25, 0.3) is 0 Å². The largest absolute Gasteiger partial charge is 0.394 e. The lowest BCUT2D eigenvalue weighted by atomic mass is 9.90. The van der Waals surface area contributed by atoms with E-state index in [0.717, 1.165) is 19.4 Å². The fourth-order valence-electron chi connectivity index (χ4n) is 2.22. The molecule has 0 spiro atoms. The molecule has 0 aromatic carbocycles. The van der Waals surface area contributed by atoms with Gasteiger partial charge in [0.1, 0.15) is 0 Å². The van der Waals surface area contributed by atoms with Gasteiger partial charge in [0.15, 0.2) is 0 Å². The van der Waals surface area contributed by atoms with Crippen molar-refractivity contribution in [2.75, 3.05) is 13.2 Å². The molecule has 0 aliphatic heterocycles. The Labute approximate surface area is 88.1 Å². The zero-order valence-electron chi connectivity index (χ0n) is 9.68. The Hall–Kier alpha value is -0.0800. The first-order chi connectivity index (χ1) is 6.68. The highest BCUT2D eigenvalue weighted by atomic mass is 16.3. The molecule has 1 saturated carbocycles. The Morgan fingerprint density at radius 2 is 1.71 bits per heavy atom. The van der Waals surface area contributed by atoms with Gasteiger partial charge in [0, 0.05) is 5.54 Å². The molecule has 1 aliphatic carbocycles. The lowest BCUT2D eigenvalue weighted by Gasteiger charge is -2.33. The lowest BCUT2D eigenvalue weighted by molar-refractivity contribution is 0.140. The molecule has 1 aliphatic rings. The SMILES string of the molecule is CC(C)CNC1(CO)CCCCCC1. The highest BCUT2D eigenvalue weighted by Crippen LogP contribution is 2.26. The fourth-order valence-corrected chi connectivity index (χ4v) is 2.22. The number of hydrogen-bond donors (Lipinski definition) is 2. The summed E-state index contributed by atoms with van der Waals surface area (Å²) in [5, 5.41) is 13.1. The predicted molar refractivity (Wildman–Crippen MR) is 60.4 cm³/mol. The highest BCUT2D eigenvalue weighted by molar-refractivity contribution is 4.89. The van der Waals surface area contributed by atoms with Gasteiger partial charge >= 0.3 is 0 Å². The van der Waals surface area contributed by atoms with Gasteiger partial charge in [-0.05, 0) is 25.3 Å². The maximum atomic E-state index is 9.52. The van der Waals surface area contributed by atoms with Gasteiger partial charge in [-0.25, -0.2) is 0 Å². The van der Waals surface area contributed by atoms with Crippen molar-refractivity contribution >= 4 is 0 Å². The first-order valence-electron chi connectivity index (χ1n) is 6.04. The average Bonchev–Trinajstić information content (AvgIpc) is 2.41. The van der Waals surface area contributed by atoms with Crippen molar-refractivity contribution in [3.8, 4) is 0 Å². The minimum absolute atomic E-state index is 0.0424. The summed E-state index contributed by atoms with van der Waals surface area (Å²) in [7, 11) is 0. The molecular formula is C12H25NO. The van der Waals surface area contributed by atoms with Crippen LogP contribution in [0.25, 0.3) is 0 Å². The zero-order chi connectivity index (χ0) is 10.4. The van der Waals surface area contributed by atoms with Gasteiger partial charge in [-0.15, -0.1) is 0 Å². The maximum absolute atomic E-state index is 9.52. The number of hydrogen-bond acceptors (Lipinski definition) is 2. The molecule has 84 valence electrons. The summed E-state index contributed by atoms with van der Waals surface area (Å²) < 4.78 is 0. The monoisotopic (exact) mass is 199 g/mol. The van der Waals surface area contributed by atoms with Crippen molar-refractivity contribution in [1.29, 1.82) is 0 Å². The van der Waals surface area contributed by atoms with E-state index in [2.05, 4.69) is 19.2 Å². The molecule has 2 nitrogen and oxygen atoms in total. The van der Waals surface area contributed by atoms with E-state index in [1.807, 2.05) is 0 Å². The second-order valence-electron chi connectivity index (χ2n) is 5.13. The molecule has 0 atom stereocenters. The molecule has 0 heterocycles. The van der Waals surface area contributed by atoms with Crippen LogP contribution in [0.5, 0.6) is 0 Å². The third-order valence-electron chi connectivity index (χ3n) is 3.25. The van der Waals surface area contributed by atoms with Crippen molar-refractivity contribution in [2.24, 2.45) is 5.92 Å². The van der Waals surface area contributed by atoms with E-state index in [4.69, 9.17) is 0 Å². The molecule has 0 amide bonds. The van der Waals surface area contributed by atoms with Crippen molar-refractivity contribution in [3.63, 3.8) is 0 Å². The molecular weight excluding hydrogens is 174 g/mol. The van der Waals surface area contributed by atoms with Crippen LogP contribution in [0.1, 0.15) is 52.4 Å². The van der Waals surface area contributed by atoms with Gasteiger partial charge in [-0.3, -0.25) is 0 Å². The topological polar surface area (TPSA) is 32.3 Å². The number of rotatable bonds is 4. The summed E-state index contributed by atoms with van der Waals surface area (Å²) in [5.41, 5.74) is 0.0424. The number of aliphatic hydroxyl groups excluding tert-OH is 1. The molecule has 2 N–H and O–H groups in total. The molecule has 0 bridgehead atoms. The van der Waals surface area contributed by atoms with E-state index in [1.165, 1.54) is 25.7 Å². The van der Waals surface area contributed by atoms with Crippen LogP contribution < -0.4 is 5.32 Å². The molecule has 0 unspecified atom stereocenters. The van der Waals surface area contributed by atoms with E-state index in [-0.39, 0.29) is 5.54 Å². The van der Waals surface area contributed by atoms with Crippen LogP contribution in [-0.4, -0.2) is 23.8 Å². The van der Waals surface area contributed by atoms with Gasteiger partial charge in [0.2, 0.25) is 0 Å². The average molecular weight is 199 g/mol. The summed E-state index contributed by atoms with van der Waals surface area (Å²) in [4.78, 5) is 0. The van der Waals surface area contributed by atoms with E-state index in [0.29, 0.717) is 12.5 Å². The summed E-state index contributed by atoms with van der Waals surface area (Å²) >= 11 is 0.